The number of benzene rings is 1. The third-order valence-corrected chi connectivity index (χ3v) is 3.85. The Morgan fingerprint density at radius 3 is 2.95 bits per heavy atom. The molecule has 1 aliphatic heterocycles. The quantitative estimate of drug-likeness (QED) is 0.786. The monoisotopic (exact) mass is 257 g/mol. The fourth-order valence-electron chi connectivity index (χ4n) is 2.70. The first-order valence-electron chi connectivity index (χ1n) is 6.89. The molecule has 3 N–H and O–H groups in total. The lowest BCUT2D eigenvalue weighted by Crippen LogP contribution is -2.36. The Balaban J connectivity index is 1.68. The molecule has 0 spiro atoms. The summed E-state index contributed by atoms with van der Waals surface area (Å²) < 4.78 is 0. The molecule has 0 unspecified atom stereocenters. The number of rotatable bonds is 3. The van der Waals surface area contributed by atoms with Gasteiger partial charge in [0.05, 0.1) is 0 Å². The second-order valence-corrected chi connectivity index (χ2v) is 5.15. The van der Waals surface area contributed by atoms with Gasteiger partial charge in [0.2, 0.25) is 0 Å². The van der Waals surface area contributed by atoms with Gasteiger partial charge in [-0.05, 0) is 50.0 Å². The van der Waals surface area contributed by atoms with Crippen LogP contribution in [0.2, 0.25) is 0 Å². The smallest absolute Gasteiger partial charge is 0.251 e. The topological polar surface area (TPSA) is 56.9 Å². The molecule has 1 fully saturated rings. The van der Waals surface area contributed by atoms with Gasteiger partial charge >= 0.3 is 0 Å². The number of aromatic nitrogens is 1. The zero-order valence-electron chi connectivity index (χ0n) is 10.9. The van der Waals surface area contributed by atoms with Gasteiger partial charge in [0.25, 0.3) is 5.91 Å². The zero-order chi connectivity index (χ0) is 13.1. The molecule has 2 heterocycles. The minimum atomic E-state index is 0.0312. The average Bonchev–Trinajstić information content (AvgIpc) is 2.94. The Kier molecular flexibility index (Phi) is 3.51. The molecule has 1 aliphatic rings. The van der Waals surface area contributed by atoms with E-state index in [4.69, 9.17) is 0 Å². The van der Waals surface area contributed by atoms with Crippen molar-refractivity contribution in [2.75, 3.05) is 19.6 Å². The predicted molar refractivity (Wildman–Crippen MR) is 76.2 cm³/mol. The van der Waals surface area contributed by atoms with Crippen molar-refractivity contribution >= 4 is 16.8 Å². The maximum absolute atomic E-state index is 12.3. The van der Waals surface area contributed by atoms with E-state index >= 15 is 0 Å². The van der Waals surface area contributed by atoms with Crippen LogP contribution in [-0.2, 0) is 0 Å². The number of nitrogens with one attached hydrogen (secondary N) is 3. The summed E-state index contributed by atoms with van der Waals surface area (Å²) in [6.07, 6.45) is 4.16. The molecule has 0 radical (unpaired) electrons. The van der Waals surface area contributed by atoms with E-state index < -0.39 is 0 Å². The van der Waals surface area contributed by atoms with Crippen LogP contribution in [0.4, 0.5) is 0 Å². The maximum atomic E-state index is 12.3. The molecule has 1 aromatic carbocycles. The summed E-state index contributed by atoms with van der Waals surface area (Å²) in [6.45, 7) is 2.91. The molecular formula is C15H19N3O. The van der Waals surface area contributed by atoms with E-state index in [2.05, 4.69) is 15.6 Å². The summed E-state index contributed by atoms with van der Waals surface area (Å²) in [5, 5.41) is 7.40. The number of H-pyrrole nitrogens is 1. The molecule has 19 heavy (non-hydrogen) atoms. The van der Waals surface area contributed by atoms with Crippen molar-refractivity contribution < 1.29 is 4.79 Å². The molecule has 4 nitrogen and oxygen atoms in total. The number of fused-ring (bicyclic) bond motifs is 1. The van der Waals surface area contributed by atoms with Crippen LogP contribution >= 0.6 is 0 Å². The Labute approximate surface area is 112 Å². The van der Waals surface area contributed by atoms with Crippen LogP contribution in [0, 0.1) is 5.92 Å². The van der Waals surface area contributed by atoms with Crippen LogP contribution in [0.3, 0.4) is 0 Å². The molecule has 3 rings (SSSR count). The Morgan fingerprint density at radius 2 is 2.11 bits per heavy atom. The van der Waals surface area contributed by atoms with Gasteiger partial charge in [-0.1, -0.05) is 6.07 Å². The number of amides is 1. The van der Waals surface area contributed by atoms with Gasteiger partial charge in [-0.25, -0.2) is 0 Å². The van der Waals surface area contributed by atoms with Crippen LogP contribution in [0.5, 0.6) is 0 Å². The first-order chi connectivity index (χ1) is 9.34. The molecule has 0 atom stereocenters. The highest BCUT2D eigenvalue weighted by Crippen LogP contribution is 2.17. The highest BCUT2D eigenvalue weighted by molar-refractivity contribution is 6.06. The SMILES string of the molecule is O=C(NCC1CCNCC1)c1cccc2[nH]ccc12. The first-order valence-corrected chi connectivity index (χ1v) is 6.89. The highest BCUT2D eigenvalue weighted by atomic mass is 16.1. The number of carbonyl (C=O) groups excluding carboxylic acids is 1. The van der Waals surface area contributed by atoms with Crippen molar-refractivity contribution in [3.05, 3.63) is 36.0 Å². The second-order valence-electron chi connectivity index (χ2n) is 5.15. The van der Waals surface area contributed by atoms with Crippen LogP contribution in [0.15, 0.2) is 30.5 Å². The van der Waals surface area contributed by atoms with Crippen molar-refractivity contribution in [2.24, 2.45) is 5.92 Å². The van der Waals surface area contributed by atoms with E-state index in [9.17, 15) is 4.79 Å². The van der Waals surface area contributed by atoms with Crippen LogP contribution in [-0.4, -0.2) is 30.5 Å². The van der Waals surface area contributed by atoms with Crippen molar-refractivity contribution in [3.8, 4) is 0 Å². The summed E-state index contributed by atoms with van der Waals surface area (Å²) >= 11 is 0. The predicted octanol–water partition coefficient (Wildman–Crippen LogP) is 1.90. The van der Waals surface area contributed by atoms with E-state index in [0.29, 0.717) is 5.92 Å². The van der Waals surface area contributed by atoms with Crippen molar-refractivity contribution in [1.29, 1.82) is 0 Å². The van der Waals surface area contributed by atoms with E-state index in [-0.39, 0.29) is 5.91 Å². The largest absolute Gasteiger partial charge is 0.361 e. The minimum absolute atomic E-state index is 0.0312. The van der Waals surface area contributed by atoms with Crippen molar-refractivity contribution in [2.45, 2.75) is 12.8 Å². The standard InChI is InChI=1S/C15H19N3O/c19-15(18-10-11-4-7-16-8-5-11)13-2-1-3-14-12(13)6-9-17-14/h1-3,6,9,11,16-17H,4-5,7-8,10H2,(H,18,19). The van der Waals surface area contributed by atoms with Crippen molar-refractivity contribution in [1.82, 2.24) is 15.6 Å². The van der Waals surface area contributed by atoms with Gasteiger partial charge < -0.3 is 15.6 Å². The number of carbonyl (C=O) groups is 1. The molecular weight excluding hydrogens is 238 g/mol. The number of hydrogen-bond acceptors (Lipinski definition) is 2. The van der Waals surface area contributed by atoms with Gasteiger partial charge in [0, 0.05) is 29.2 Å². The molecule has 100 valence electrons. The summed E-state index contributed by atoms with van der Waals surface area (Å²) in [5.74, 6) is 0.638. The van der Waals surface area contributed by atoms with Crippen LogP contribution < -0.4 is 10.6 Å². The highest BCUT2D eigenvalue weighted by Gasteiger charge is 2.15. The number of aromatic amines is 1. The van der Waals surface area contributed by atoms with E-state index in [1.54, 1.807) is 0 Å². The summed E-state index contributed by atoms with van der Waals surface area (Å²) in [4.78, 5) is 15.4. The molecule has 0 aliphatic carbocycles. The molecule has 2 aromatic rings. The van der Waals surface area contributed by atoms with Gasteiger partial charge in [-0.3, -0.25) is 4.79 Å². The third kappa shape index (κ3) is 2.63. The number of hydrogen-bond donors (Lipinski definition) is 3. The van der Waals surface area contributed by atoms with E-state index in [1.807, 2.05) is 30.5 Å². The Hall–Kier alpha value is -1.81. The second kappa shape index (κ2) is 5.45. The fourth-order valence-corrected chi connectivity index (χ4v) is 2.70. The van der Waals surface area contributed by atoms with E-state index in [1.165, 1.54) is 0 Å². The lowest BCUT2D eigenvalue weighted by molar-refractivity contribution is 0.0946. The molecule has 4 heteroatoms. The van der Waals surface area contributed by atoms with Crippen molar-refractivity contribution in [3.63, 3.8) is 0 Å². The summed E-state index contributed by atoms with van der Waals surface area (Å²) in [6, 6.07) is 7.74. The van der Waals surface area contributed by atoms with Gasteiger partial charge in [0.1, 0.15) is 0 Å². The molecule has 0 bridgehead atoms. The van der Waals surface area contributed by atoms with Crippen LogP contribution in [0.1, 0.15) is 23.2 Å². The van der Waals surface area contributed by atoms with Gasteiger partial charge in [-0.2, -0.15) is 0 Å². The first kappa shape index (κ1) is 12.2. The summed E-state index contributed by atoms with van der Waals surface area (Å²) in [7, 11) is 0. The molecule has 1 amide bonds. The number of piperidine rings is 1. The molecule has 1 saturated heterocycles. The molecule has 0 saturated carbocycles. The normalized spacial score (nSPS) is 16.6. The Morgan fingerprint density at radius 1 is 1.26 bits per heavy atom. The van der Waals surface area contributed by atoms with Crippen LogP contribution in [0.25, 0.3) is 10.9 Å². The fraction of sp³-hybridized carbons (Fsp3) is 0.400. The zero-order valence-corrected chi connectivity index (χ0v) is 10.9. The van der Waals surface area contributed by atoms with Gasteiger partial charge in [0.15, 0.2) is 0 Å². The lowest BCUT2D eigenvalue weighted by Gasteiger charge is -2.22. The third-order valence-electron chi connectivity index (χ3n) is 3.85. The van der Waals surface area contributed by atoms with E-state index in [0.717, 1.165) is 48.9 Å². The lowest BCUT2D eigenvalue weighted by atomic mass is 9.98. The average molecular weight is 257 g/mol. The van der Waals surface area contributed by atoms with Gasteiger partial charge in [-0.15, -0.1) is 0 Å². The minimum Gasteiger partial charge on any atom is -0.361 e. The maximum Gasteiger partial charge on any atom is 0.251 e. The molecule has 1 aromatic heterocycles. The summed E-state index contributed by atoms with van der Waals surface area (Å²) in [5.41, 5.74) is 1.77. The Bertz CT molecular complexity index is 570.